The normalized spacial score (nSPS) is 22.0. The molecule has 1 saturated carbocycles. The van der Waals surface area contributed by atoms with Crippen LogP contribution < -0.4 is 15.4 Å². The molecule has 194 valence electrons. The third-order valence-corrected chi connectivity index (χ3v) is 6.94. The summed E-state index contributed by atoms with van der Waals surface area (Å²) in [6.45, 7) is 2.02. The van der Waals surface area contributed by atoms with E-state index in [2.05, 4.69) is 15.4 Å². The van der Waals surface area contributed by atoms with Crippen molar-refractivity contribution < 1.29 is 36.6 Å². The maximum Gasteiger partial charge on any atom is 0.573 e. The molecule has 2 N–H and O–H groups in total. The monoisotopic (exact) mass is 502 g/mol. The van der Waals surface area contributed by atoms with Crippen LogP contribution in [0.2, 0.25) is 0 Å². The highest BCUT2D eigenvalue weighted by Gasteiger charge is 2.47. The van der Waals surface area contributed by atoms with Gasteiger partial charge in [0.15, 0.2) is 0 Å². The number of benzene rings is 1. The van der Waals surface area contributed by atoms with Crippen LogP contribution in [0.5, 0.6) is 5.75 Å². The van der Waals surface area contributed by atoms with E-state index in [1.165, 1.54) is 0 Å². The molecule has 0 aromatic heterocycles. The zero-order valence-corrected chi connectivity index (χ0v) is 19.5. The summed E-state index contributed by atoms with van der Waals surface area (Å²) in [6, 6.07) is 2.06. The van der Waals surface area contributed by atoms with Gasteiger partial charge < -0.3 is 29.9 Å². The molecule has 2 heterocycles. The van der Waals surface area contributed by atoms with Crippen molar-refractivity contribution in [3.8, 4) is 5.75 Å². The van der Waals surface area contributed by atoms with Crippen molar-refractivity contribution in [2.45, 2.75) is 57.1 Å². The third kappa shape index (κ3) is 6.28. The number of alkyl halides is 3. The molecule has 3 fully saturated rings. The number of likely N-dealkylation sites (tertiary alicyclic amines) is 1. The van der Waals surface area contributed by atoms with Gasteiger partial charge in [-0.15, -0.1) is 13.2 Å². The van der Waals surface area contributed by atoms with Crippen molar-refractivity contribution in [2.24, 2.45) is 5.41 Å². The summed E-state index contributed by atoms with van der Waals surface area (Å²) < 4.78 is 60.7. The van der Waals surface area contributed by atoms with E-state index in [1.807, 2.05) is 0 Å². The van der Waals surface area contributed by atoms with E-state index in [9.17, 15) is 27.2 Å². The molecule has 4 rings (SSSR count). The third-order valence-electron chi connectivity index (χ3n) is 6.94. The van der Waals surface area contributed by atoms with E-state index in [0.717, 1.165) is 44.2 Å². The maximum atomic E-state index is 14.3. The molecule has 4 amide bonds. The Bertz CT molecular complexity index is 935. The van der Waals surface area contributed by atoms with E-state index in [4.69, 9.17) is 4.74 Å². The molecule has 2 saturated heterocycles. The average Bonchev–Trinajstić information content (AvgIpc) is 3.62. The van der Waals surface area contributed by atoms with Crippen molar-refractivity contribution >= 4 is 12.1 Å². The van der Waals surface area contributed by atoms with Gasteiger partial charge in [0.1, 0.15) is 11.6 Å². The number of rotatable bonds is 5. The van der Waals surface area contributed by atoms with Gasteiger partial charge in [0.2, 0.25) is 0 Å². The van der Waals surface area contributed by atoms with Gasteiger partial charge in [-0.2, -0.15) is 0 Å². The summed E-state index contributed by atoms with van der Waals surface area (Å²) in [4.78, 5) is 29.3. The molecule has 0 bridgehead atoms. The molecule has 1 aliphatic carbocycles. The number of carbonyl (C=O) groups excluding carboxylic acids is 2. The highest BCUT2D eigenvalue weighted by Crippen LogP contribution is 2.42. The minimum absolute atomic E-state index is 0.0361. The molecular weight excluding hydrogens is 472 g/mol. The Labute approximate surface area is 200 Å². The molecule has 0 unspecified atom stereocenters. The Kier molecular flexibility index (Phi) is 7.30. The zero-order valence-electron chi connectivity index (χ0n) is 19.5. The molecule has 1 atom stereocenters. The van der Waals surface area contributed by atoms with Crippen molar-refractivity contribution in [2.75, 3.05) is 33.4 Å². The van der Waals surface area contributed by atoms with Crippen LogP contribution in [0.4, 0.5) is 27.2 Å². The highest BCUT2D eigenvalue weighted by atomic mass is 19.4. The van der Waals surface area contributed by atoms with Crippen LogP contribution in [0, 0.1) is 11.2 Å². The molecule has 8 nitrogen and oxygen atoms in total. The first-order chi connectivity index (χ1) is 16.6. The van der Waals surface area contributed by atoms with Gasteiger partial charge in [-0.1, -0.05) is 6.07 Å². The fraction of sp³-hybridized carbons (Fsp3) is 0.652. The van der Waals surface area contributed by atoms with Crippen LogP contribution in [0.3, 0.4) is 0 Å². The fourth-order valence-corrected chi connectivity index (χ4v) is 5.13. The Hall–Kier alpha value is -2.76. The first-order valence-corrected chi connectivity index (χ1v) is 11.7. The molecule has 35 heavy (non-hydrogen) atoms. The molecule has 1 aromatic rings. The SMILES string of the molecule is CNC(=O)N1C[C@H](N(C(=O)NCc2ccc(OC(F)(F)F)cc2F)C2CC2)CC2(CCOCC2)C1. The smallest absolute Gasteiger partial charge is 0.406 e. The molecule has 0 radical (unpaired) electrons. The first kappa shape index (κ1) is 25.3. The Balaban J connectivity index is 1.46. The van der Waals surface area contributed by atoms with E-state index in [0.29, 0.717) is 32.4 Å². The van der Waals surface area contributed by atoms with Gasteiger partial charge in [0, 0.05) is 57.6 Å². The minimum atomic E-state index is -4.92. The van der Waals surface area contributed by atoms with Crippen molar-refractivity contribution in [3.63, 3.8) is 0 Å². The van der Waals surface area contributed by atoms with Crippen LogP contribution in [0.25, 0.3) is 0 Å². The van der Waals surface area contributed by atoms with Gasteiger partial charge >= 0.3 is 18.4 Å². The minimum Gasteiger partial charge on any atom is -0.406 e. The molecule has 1 spiro atoms. The van der Waals surface area contributed by atoms with E-state index in [-0.39, 0.29) is 41.7 Å². The van der Waals surface area contributed by atoms with Crippen molar-refractivity contribution in [1.29, 1.82) is 0 Å². The number of nitrogens with zero attached hydrogens (tertiary/aromatic N) is 2. The lowest BCUT2D eigenvalue weighted by molar-refractivity contribution is -0.274. The fourth-order valence-electron chi connectivity index (χ4n) is 5.13. The lowest BCUT2D eigenvalue weighted by Gasteiger charge is -2.50. The summed E-state index contributed by atoms with van der Waals surface area (Å²) in [6.07, 6.45) is -0.887. The van der Waals surface area contributed by atoms with Crippen molar-refractivity contribution in [1.82, 2.24) is 20.4 Å². The summed E-state index contributed by atoms with van der Waals surface area (Å²) in [7, 11) is 1.58. The van der Waals surface area contributed by atoms with E-state index < -0.39 is 17.9 Å². The first-order valence-electron chi connectivity index (χ1n) is 11.7. The predicted molar refractivity (Wildman–Crippen MR) is 117 cm³/mol. The quantitative estimate of drug-likeness (QED) is 0.603. The van der Waals surface area contributed by atoms with Gasteiger partial charge in [-0.25, -0.2) is 14.0 Å². The maximum absolute atomic E-state index is 14.3. The average molecular weight is 503 g/mol. The van der Waals surface area contributed by atoms with Crippen LogP contribution >= 0.6 is 0 Å². The van der Waals surface area contributed by atoms with Crippen LogP contribution in [0.15, 0.2) is 18.2 Å². The molecular formula is C23H30F4N4O4. The summed E-state index contributed by atoms with van der Waals surface area (Å²) in [5, 5.41) is 5.39. The number of hydrogen-bond donors (Lipinski definition) is 2. The summed E-state index contributed by atoms with van der Waals surface area (Å²) in [5.41, 5.74) is -0.0956. The Morgan fingerprint density at radius 3 is 2.54 bits per heavy atom. The van der Waals surface area contributed by atoms with Crippen LogP contribution in [-0.4, -0.2) is 73.7 Å². The number of nitrogens with one attached hydrogen (secondary N) is 2. The number of hydrogen-bond acceptors (Lipinski definition) is 4. The number of urea groups is 2. The Morgan fingerprint density at radius 1 is 1.23 bits per heavy atom. The highest BCUT2D eigenvalue weighted by molar-refractivity contribution is 5.76. The number of piperidine rings is 1. The van der Waals surface area contributed by atoms with Gasteiger partial charge in [-0.3, -0.25) is 0 Å². The number of carbonyl (C=O) groups is 2. The second-order valence-electron chi connectivity index (χ2n) is 9.50. The van der Waals surface area contributed by atoms with Crippen LogP contribution in [0.1, 0.15) is 37.7 Å². The van der Waals surface area contributed by atoms with E-state index >= 15 is 0 Å². The molecule has 1 aromatic carbocycles. The standard InChI is InChI=1S/C23H30F4N4O4/c1-28-20(32)30-13-17(11-22(14-30)6-8-34-9-7-22)31(16-3-4-16)21(33)29-12-15-2-5-18(10-19(15)24)35-23(25,26)27/h2,5,10,16-17H,3-4,6-9,11-14H2,1H3,(H,28,32)(H,29,33)/t17-/m1/s1. The largest absolute Gasteiger partial charge is 0.573 e. The Morgan fingerprint density at radius 2 is 1.94 bits per heavy atom. The predicted octanol–water partition coefficient (Wildman–Crippen LogP) is 3.61. The van der Waals surface area contributed by atoms with Crippen LogP contribution in [-0.2, 0) is 11.3 Å². The second-order valence-corrected chi connectivity index (χ2v) is 9.50. The second kappa shape index (κ2) is 10.1. The lowest BCUT2D eigenvalue weighted by Crippen LogP contribution is -2.61. The van der Waals surface area contributed by atoms with E-state index in [1.54, 1.807) is 16.8 Å². The van der Waals surface area contributed by atoms with Gasteiger partial charge in [-0.05, 0) is 43.6 Å². The molecule has 12 heteroatoms. The zero-order chi connectivity index (χ0) is 25.2. The van der Waals surface area contributed by atoms with Crippen molar-refractivity contribution in [3.05, 3.63) is 29.6 Å². The molecule has 3 aliphatic rings. The number of ether oxygens (including phenoxy) is 2. The summed E-state index contributed by atoms with van der Waals surface area (Å²) in [5.74, 6) is -1.57. The van der Waals surface area contributed by atoms with Gasteiger partial charge in [0.05, 0.1) is 6.04 Å². The number of halogens is 4. The lowest BCUT2D eigenvalue weighted by atomic mass is 9.72. The number of amides is 4. The molecule has 2 aliphatic heterocycles. The summed E-state index contributed by atoms with van der Waals surface area (Å²) >= 11 is 0. The topological polar surface area (TPSA) is 83.1 Å². The van der Waals surface area contributed by atoms with Gasteiger partial charge in [0.25, 0.3) is 0 Å².